The summed E-state index contributed by atoms with van der Waals surface area (Å²) >= 11 is 0. The van der Waals surface area contributed by atoms with Crippen LogP contribution in [0.5, 0.6) is 5.75 Å². The summed E-state index contributed by atoms with van der Waals surface area (Å²) < 4.78 is 0. The molecule has 4 unspecified atom stereocenters. The van der Waals surface area contributed by atoms with Crippen molar-refractivity contribution in [3.05, 3.63) is 29.8 Å². The van der Waals surface area contributed by atoms with Gasteiger partial charge in [0.05, 0.1) is 6.04 Å². The molecule has 1 rings (SSSR count). The van der Waals surface area contributed by atoms with E-state index < -0.39 is 59.7 Å². The molecule has 1 aromatic rings. The number of benzene rings is 1. The molecule has 0 aliphatic rings. The number of amides is 4. The van der Waals surface area contributed by atoms with Crippen molar-refractivity contribution in [3.8, 4) is 5.75 Å². The molecule has 0 saturated carbocycles. The maximum Gasteiger partial charge on any atom is 0.326 e. The zero-order valence-corrected chi connectivity index (χ0v) is 21.7. The van der Waals surface area contributed by atoms with Crippen LogP contribution < -0.4 is 27.4 Å². The first-order chi connectivity index (χ1) is 17.2. The molecule has 1 aromatic carbocycles. The van der Waals surface area contributed by atoms with Gasteiger partial charge in [0.15, 0.2) is 0 Å². The summed E-state index contributed by atoms with van der Waals surface area (Å²) in [5.74, 6) is -4.24. The second-order valence-corrected chi connectivity index (χ2v) is 9.80. The first-order valence-corrected chi connectivity index (χ1v) is 12.2. The number of carboxylic acid groups (broad SMARTS) is 1. The van der Waals surface area contributed by atoms with Crippen molar-refractivity contribution in [2.45, 2.75) is 77.5 Å². The monoisotopic (exact) mass is 521 g/mol. The van der Waals surface area contributed by atoms with E-state index in [0.29, 0.717) is 5.56 Å². The summed E-state index contributed by atoms with van der Waals surface area (Å²) in [6.07, 6.45) is 0.153. The van der Waals surface area contributed by atoms with E-state index >= 15 is 0 Å². The van der Waals surface area contributed by atoms with E-state index in [-0.39, 0.29) is 37.4 Å². The predicted molar refractivity (Wildman–Crippen MR) is 136 cm³/mol. The number of carboxylic acids is 1. The minimum absolute atomic E-state index is 0.00274. The molecule has 0 aromatic heterocycles. The fourth-order valence-corrected chi connectivity index (χ4v) is 3.53. The molecule has 206 valence electrons. The maximum absolute atomic E-state index is 13.2. The number of carbonyl (C=O) groups is 5. The van der Waals surface area contributed by atoms with Gasteiger partial charge >= 0.3 is 5.97 Å². The van der Waals surface area contributed by atoms with Gasteiger partial charge in [-0.15, -0.1) is 0 Å². The summed E-state index contributed by atoms with van der Waals surface area (Å²) in [4.78, 5) is 61.5. The lowest BCUT2D eigenvalue weighted by Gasteiger charge is -2.27. The number of phenolic OH excluding ortho intramolecular Hbond substituents is 1. The Kier molecular flexibility index (Phi) is 12.5. The molecule has 12 nitrogen and oxygen atoms in total. The second kappa shape index (κ2) is 14.8. The second-order valence-electron chi connectivity index (χ2n) is 9.80. The zero-order chi connectivity index (χ0) is 28.3. The zero-order valence-electron chi connectivity index (χ0n) is 21.7. The van der Waals surface area contributed by atoms with Crippen LogP contribution in [0.1, 0.15) is 52.5 Å². The number of aliphatic carboxylic acids is 1. The fraction of sp³-hybridized carbons (Fsp3) is 0.560. The molecule has 0 saturated heterocycles. The van der Waals surface area contributed by atoms with Gasteiger partial charge in [-0.3, -0.25) is 19.2 Å². The normalized spacial score (nSPS) is 14.4. The highest BCUT2D eigenvalue weighted by Gasteiger charge is 2.31. The van der Waals surface area contributed by atoms with E-state index in [2.05, 4.69) is 16.0 Å². The van der Waals surface area contributed by atoms with Crippen molar-refractivity contribution < 1.29 is 34.2 Å². The Morgan fingerprint density at radius 3 is 1.89 bits per heavy atom. The number of primary amides is 1. The van der Waals surface area contributed by atoms with Crippen molar-refractivity contribution in [3.63, 3.8) is 0 Å². The molecular formula is C25H39N5O7. The Morgan fingerprint density at radius 2 is 1.41 bits per heavy atom. The smallest absolute Gasteiger partial charge is 0.326 e. The highest BCUT2D eigenvalue weighted by atomic mass is 16.4. The van der Waals surface area contributed by atoms with Crippen LogP contribution in [-0.2, 0) is 30.4 Å². The Balaban J connectivity index is 3.13. The van der Waals surface area contributed by atoms with E-state index in [1.807, 2.05) is 13.8 Å². The lowest BCUT2D eigenvalue weighted by molar-refractivity contribution is -0.143. The maximum atomic E-state index is 13.2. The number of phenols is 1. The standard InChI is InChI=1S/C25H39N5O7/c1-13(2)11-18(28-22(33)17(26)9-10-20(27)32)23(34)29-19(12-15-5-7-16(31)8-6-15)24(35)30-21(14(3)4)25(36)37/h5-8,13-14,17-19,21,31H,9-12,26H2,1-4H3,(H2,27,32)(H,28,33)(H,29,34)(H,30,35)(H,36,37). The van der Waals surface area contributed by atoms with Gasteiger partial charge in [0, 0.05) is 12.8 Å². The molecular weight excluding hydrogens is 482 g/mol. The number of nitrogens with two attached hydrogens (primary N) is 2. The first-order valence-electron chi connectivity index (χ1n) is 12.2. The highest BCUT2D eigenvalue weighted by Crippen LogP contribution is 2.13. The number of aromatic hydroxyl groups is 1. The van der Waals surface area contributed by atoms with Crippen LogP contribution in [0.2, 0.25) is 0 Å². The largest absolute Gasteiger partial charge is 0.508 e. The van der Waals surface area contributed by atoms with Crippen molar-refractivity contribution >= 4 is 29.6 Å². The van der Waals surface area contributed by atoms with Crippen molar-refractivity contribution in [2.75, 3.05) is 0 Å². The summed E-state index contributed by atoms with van der Waals surface area (Å²) in [5, 5.41) is 26.7. The molecule has 4 amide bonds. The lowest BCUT2D eigenvalue weighted by atomic mass is 9.99. The van der Waals surface area contributed by atoms with E-state index in [0.717, 1.165) is 0 Å². The van der Waals surface area contributed by atoms with Gasteiger partial charge in [0.1, 0.15) is 23.9 Å². The van der Waals surface area contributed by atoms with Crippen molar-refractivity contribution in [1.82, 2.24) is 16.0 Å². The predicted octanol–water partition coefficient (Wildman–Crippen LogP) is -0.231. The number of carbonyl (C=O) groups excluding carboxylic acids is 4. The molecule has 0 fully saturated rings. The van der Waals surface area contributed by atoms with Crippen molar-refractivity contribution in [2.24, 2.45) is 23.3 Å². The number of hydrogen-bond donors (Lipinski definition) is 7. The van der Waals surface area contributed by atoms with Gasteiger partial charge in [-0.1, -0.05) is 39.8 Å². The molecule has 4 atom stereocenters. The molecule has 0 aliphatic carbocycles. The van der Waals surface area contributed by atoms with Crippen LogP contribution >= 0.6 is 0 Å². The van der Waals surface area contributed by atoms with E-state index in [1.165, 1.54) is 12.1 Å². The molecule has 37 heavy (non-hydrogen) atoms. The van der Waals surface area contributed by atoms with Gasteiger partial charge in [0.25, 0.3) is 0 Å². The highest BCUT2D eigenvalue weighted by molar-refractivity contribution is 5.94. The average Bonchev–Trinajstić information content (AvgIpc) is 2.80. The van der Waals surface area contributed by atoms with Crippen LogP contribution in [0, 0.1) is 11.8 Å². The minimum Gasteiger partial charge on any atom is -0.508 e. The summed E-state index contributed by atoms with van der Waals surface area (Å²) in [6, 6.07) is 1.55. The lowest BCUT2D eigenvalue weighted by Crippen LogP contribution is -2.58. The molecule has 9 N–H and O–H groups in total. The van der Waals surface area contributed by atoms with Gasteiger partial charge in [-0.25, -0.2) is 4.79 Å². The van der Waals surface area contributed by atoms with E-state index in [9.17, 15) is 34.2 Å². The quantitative estimate of drug-likeness (QED) is 0.163. The molecule has 0 spiro atoms. The molecule has 12 heteroatoms. The Labute approximate surface area is 216 Å². The van der Waals surface area contributed by atoms with Gasteiger partial charge in [-0.05, 0) is 42.4 Å². The SMILES string of the molecule is CC(C)CC(NC(=O)C(N)CCC(N)=O)C(=O)NC(Cc1ccc(O)cc1)C(=O)NC(C(=O)O)C(C)C. The van der Waals surface area contributed by atoms with Crippen LogP contribution in [0.25, 0.3) is 0 Å². The van der Waals surface area contributed by atoms with Crippen LogP contribution in [-0.4, -0.2) is 64.0 Å². The summed E-state index contributed by atoms with van der Waals surface area (Å²) in [6.45, 7) is 6.98. The van der Waals surface area contributed by atoms with Gasteiger partial charge in [0.2, 0.25) is 23.6 Å². The van der Waals surface area contributed by atoms with Crippen LogP contribution in [0.3, 0.4) is 0 Å². The Hall–Kier alpha value is -3.67. The molecule has 0 heterocycles. The van der Waals surface area contributed by atoms with Gasteiger partial charge in [-0.2, -0.15) is 0 Å². The fourth-order valence-electron chi connectivity index (χ4n) is 3.53. The Bertz CT molecular complexity index is 949. The van der Waals surface area contributed by atoms with Crippen LogP contribution in [0.4, 0.5) is 0 Å². The third kappa shape index (κ3) is 11.3. The summed E-state index contributed by atoms with van der Waals surface area (Å²) in [7, 11) is 0. The topological polar surface area (TPSA) is 214 Å². The van der Waals surface area contributed by atoms with Gasteiger partial charge < -0.3 is 37.6 Å². The average molecular weight is 522 g/mol. The number of nitrogens with one attached hydrogen (secondary N) is 3. The van der Waals surface area contributed by atoms with Crippen molar-refractivity contribution in [1.29, 1.82) is 0 Å². The number of hydrogen-bond acceptors (Lipinski definition) is 7. The molecule has 0 aliphatic heterocycles. The van der Waals surface area contributed by atoms with Crippen LogP contribution in [0.15, 0.2) is 24.3 Å². The third-order valence-corrected chi connectivity index (χ3v) is 5.62. The molecule has 0 bridgehead atoms. The molecule has 0 radical (unpaired) electrons. The first kappa shape index (κ1) is 31.4. The minimum atomic E-state index is -1.21. The van der Waals surface area contributed by atoms with E-state index in [1.54, 1.807) is 26.0 Å². The Morgan fingerprint density at radius 1 is 0.865 bits per heavy atom. The third-order valence-electron chi connectivity index (χ3n) is 5.62. The number of rotatable bonds is 15. The summed E-state index contributed by atoms with van der Waals surface area (Å²) in [5.41, 5.74) is 11.5. The van der Waals surface area contributed by atoms with E-state index in [4.69, 9.17) is 11.5 Å².